The largest absolute Gasteiger partial charge is 0.356 e. The molecule has 1 aliphatic carbocycles. The molecule has 1 saturated carbocycles. The van der Waals surface area contributed by atoms with Crippen molar-refractivity contribution in [2.45, 2.75) is 50.6 Å². The zero-order valence-electron chi connectivity index (χ0n) is 16.5. The summed E-state index contributed by atoms with van der Waals surface area (Å²) in [6.07, 6.45) is 9.97. The lowest BCUT2D eigenvalue weighted by Crippen LogP contribution is -2.50. The number of aliphatic imine (C=N–C) groups is 1. The lowest BCUT2D eigenvalue weighted by atomic mass is 10.0. The number of nitrogens with zero attached hydrogens (tertiary/aromatic N) is 3. The van der Waals surface area contributed by atoms with Crippen LogP contribution in [0.3, 0.4) is 0 Å². The van der Waals surface area contributed by atoms with Gasteiger partial charge in [0.2, 0.25) is 5.91 Å². The van der Waals surface area contributed by atoms with Crippen LogP contribution >= 0.6 is 35.7 Å². The molecule has 0 aromatic heterocycles. The number of carbonyl (C=O) groups excluding carboxylic acids is 1. The second-order valence-corrected chi connectivity index (χ2v) is 8.25. The van der Waals surface area contributed by atoms with Gasteiger partial charge in [0.1, 0.15) is 6.54 Å². The van der Waals surface area contributed by atoms with E-state index in [1.807, 2.05) is 0 Å². The van der Waals surface area contributed by atoms with Crippen LogP contribution in [0.25, 0.3) is 0 Å². The molecule has 2 fully saturated rings. The fraction of sp³-hybridized carbons (Fsp3) is 0.889. The van der Waals surface area contributed by atoms with Crippen LogP contribution in [0.4, 0.5) is 0 Å². The van der Waals surface area contributed by atoms with E-state index in [1.54, 1.807) is 30.8 Å². The van der Waals surface area contributed by atoms with E-state index in [2.05, 4.69) is 26.8 Å². The summed E-state index contributed by atoms with van der Waals surface area (Å²) in [7, 11) is 3.54. The van der Waals surface area contributed by atoms with Crippen LogP contribution in [-0.2, 0) is 4.79 Å². The fourth-order valence-corrected chi connectivity index (χ4v) is 3.89. The summed E-state index contributed by atoms with van der Waals surface area (Å²) in [4.78, 5) is 20.6. The smallest absolute Gasteiger partial charge is 0.243 e. The number of nitrogens with one attached hydrogen (secondary N) is 2. The lowest BCUT2D eigenvalue weighted by molar-refractivity contribution is -0.127. The van der Waals surface area contributed by atoms with Gasteiger partial charge in [-0.3, -0.25) is 4.79 Å². The highest BCUT2D eigenvalue weighted by Gasteiger charge is 2.27. The first-order valence-corrected chi connectivity index (χ1v) is 11.0. The van der Waals surface area contributed by atoms with Crippen LogP contribution in [0, 0.1) is 0 Å². The Morgan fingerprint density at radius 2 is 1.85 bits per heavy atom. The molecule has 1 heterocycles. The number of piperidine rings is 1. The number of carbonyl (C=O) groups is 1. The molecule has 0 unspecified atom stereocenters. The molecule has 1 aliphatic heterocycles. The average molecular weight is 497 g/mol. The minimum Gasteiger partial charge on any atom is -0.356 e. The van der Waals surface area contributed by atoms with Gasteiger partial charge in [-0.25, -0.2) is 4.99 Å². The number of rotatable bonds is 7. The monoisotopic (exact) mass is 497 g/mol. The van der Waals surface area contributed by atoms with Gasteiger partial charge in [-0.1, -0.05) is 12.8 Å². The number of guanidine groups is 1. The molecule has 2 rings (SSSR count). The Kier molecular flexibility index (Phi) is 11.9. The molecule has 2 aliphatic rings. The van der Waals surface area contributed by atoms with E-state index >= 15 is 0 Å². The Labute approximate surface area is 180 Å². The van der Waals surface area contributed by atoms with E-state index in [0.29, 0.717) is 6.04 Å². The summed E-state index contributed by atoms with van der Waals surface area (Å²) < 4.78 is 0. The van der Waals surface area contributed by atoms with Gasteiger partial charge in [0.15, 0.2) is 5.96 Å². The number of likely N-dealkylation sites (tertiary alicyclic amines) is 1. The van der Waals surface area contributed by atoms with E-state index in [4.69, 9.17) is 0 Å². The molecule has 0 aromatic carbocycles. The first-order chi connectivity index (χ1) is 12.1. The van der Waals surface area contributed by atoms with E-state index in [1.165, 1.54) is 38.8 Å². The van der Waals surface area contributed by atoms with E-state index in [-0.39, 0.29) is 36.4 Å². The van der Waals surface area contributed by atoms with Crippen molar-refractivity contribution in [3.63, 3.8) is 0 Å². The van der Waals surface area contributed by atoms with Crippen molar-refractivity contribution in [2.24, 2.45) is 4.99 Å². The van der Waals surface area contributed by atoms with Crippen LogP contribution in [0.1, 0.15) is 38.5 Å². The summed E-state index contributed by atoms with van der Waals surface area (Å²) in [5.74, 6) is 1.84. The molecule has 0 radical (unpaired) electrons. The maximum atomic E-state index is 11.8. The number of amides is 1. The van der Waals surface area contributed by atoms with E-state index in [9.17, 15) is 4.79 Å². The molecule has 152 valence electrons. The van der Waals surface area contributed by atoms with Crippen molar-refractivity contribution >= 4 is 47.6 Å². The van der Waals surface area contributed by atoms with Gasteiger partial charge in [-0.2, -0.15) is 11.8 Å². The van der Waals surface area contributed by atoms with Crippen LogP contribution in [0.15, 0.2) is 4.99 Å². The summed E-state index contributed by atoms with van der Waals surface area (Å²) in [5, 5.41) is 6.91. The summed E-state index contributed by atoms with van der Waals surface area (Å²) in [5.41, 5.74) is 0. The Morgan fingerprint density at radius 1 is 1.19 bits per heavy atom. The lowest BCUT2D eigenvalue weighted by Gasteiger charge is -2.36. The van der Waals surface area contributed by atoms with Gasteiger partial charge in [0, 0.05) is 51.6 Å². The van der Waals surface area contributed by atoms with Crippen LogP contribution in [0.2, 0.25) is 0 Å². The molecular formula is C18H36IN5OS. The van der Waals surface area contributed by atoms with Crippen molar-refractivity contribution in [1.29, 1.82) is 0 Å². The highest BCUT2D eigenvalue weighted by Crippen LogP contribution is 2.26. The standard InChI is InChI=1S/C18H35N5OS.HI/c1-22(2)17(24)14-20-18(19-10-13-25-3)21-15-8-11-23(12-9-15)16-6-4-5-7-16;/h15-16H,4-14H2,1-3H3,(H2,19,20,21);1H. The van der Waals surface area contributed by atoms with Gasteiger partial charge < -0.3 is 20.4 Å². The van der Waals surface area contributed by atoms with E-state index < -0.39 is 0 Å². The average Bonchev–Trinajstić information content (AvgIpc) is 3.14. The van der Waals surface area contributed by atoms with Gasteiger partial charge in [0.05, 0.1) is 0 Å². The van der Waals surface area contributed by atoms with E-state index in [0.717, 1.165) is 37.1 Å². The first-order valence-electron chi connectivity index (χ1n) is 9.58. The van der Waals surface area contributed by atoms with Gasteiger partial charge >= 0.3 is 0 Å². The van der Waals surface area contributed by atoms with Crippen LogP contribution in [-0.4, -0.2) is 86.0 Å². The molecule has 0 bridgehead atoms. The number of thioether (sulfide) groups is 1. The zero-order chi connectivity index (χ0) is 18.1. The molecule has 0 atom stereocenters. The molecule has 1 amide bonds. The molecule has 2 N–H and O–H groups in total. The maximum absolute atomic E-state index is 11.8. The Balaban J connectivity index is 0.00000338. The van der Waals surface area contributed by atoms with Crippen LogP contribution in [0.5, 0.6) is 0 Å². The Bertz CT molecular complexity index is 435. The summed E-state index contributed by atoms with van der Waals surface area (Å²) in [6, 6.07) is 1.28. The van der Waals surface area contributed by atoms with Crippen molar-refractivity contribution in [1.82, 2.24) is 20.4 Å². The zero-order valence-corrected chi connectivity index (χ0v) is 19.6. The summed E-state index contributed by atoms with van der Waals surface area (Å²) >= 11 is 1.81. The third kappa shape index (κ3) is 8.21. The van der Waals surface area contributed by atoms with Gasteiger partial charge in [-0.15, -0.1) is 24.0 Å². The van der Waals surface area contributed by atoms with Crippen molar-refractivity contribution in [3.05, 3.63) is 0 Å². The topological polar surface area (TPSA) is 60.0 Å². The Hall–Kier alpha value is -0.220. The second-order valence-electron chi connectivity index (χ2n) is 7.27. The number of hydrogen-bond acceptors (Lipinski definition) is 4. The third-order valence-electron chi connectivity index (χ3n) is 5.18. The molecular weight excluding hydrogens is 461 g/mol. The molecule has 0 spiro atoms. The number of likely N-dealkylation sites (N-methyl/N-ethyl adjacent to an activating group) is 1. The molecule has 1 saturated heterocycles. The predicted molar refractivity (Wildman–Crippen MR) is 123 cm³/mol. The SMILES string of the molecule is CSCCNC(=NCC(=O)N(C)C)NC1CCN(C2CCCC2)CC1.I. The highest BCUT2D eigenvalue weighted by molar-refractivity contribution is 14.0. The highest BCUT2D eigenvalue weighted by atomic mass is 127. The Morgan fingerprint density at radius 3 is 2.42 bits per heavy atom. The van der Waals surface area contributed by atoms with Crippen molar-refractivity contribution in [3.8, 4) is 0 Å². The molecule has 8 heteroatoms. The van der Waals surface area contributed by atoms with Crippen LogP contribution < -0.4 is 10.6 Å². The van der Waals surface area contributed by atoms with Crippen molar-refractivity contribution in [2.75, 3.05) is 52.3 Å². The minimum absolute atomic E-state index is 0. The molecule has 6 nitrogen and oxygen atoms in total. The number of halogens is 1. The maximum Gasteiger partial charge on any atom is 0.243 e. The molecule has 26 heavy (non-hydrogen) atoms. The predicted octanol–water partition coefficient (Wildman–Crippen LogP) is 2.00. The minimum atomic E-state index is 0. The fourth-order valence-electron chi connectivity index (χ4n) is 3.58. The quantitative estimate of drug-likeness (QED) is 0.244. The number of hydrogen-bond donors (Lipinski definition) is 2. The first kappa shape index (κ1) is 23.8. The second kappa shape index (κ2) is 13.0. The van der Waals surface area contributed by atoms with Gasteiger partial charge in [0.25, 0.3) is 0 Å². The normalized spacial score (nSPS) is 19.9. The van der Waals surface area contributed by atoms with Crippen molar-refractivity contribution < 1.29 is 4.79 Å². The van der Waals surface area contributed by atoms with Gasteiger partial charge in [-0.05, 0) is 31.9 Å². The molecule has 0 aromatic rings. The summed E-state index contributed by atoms with van der Waals surface area (Å²) in [6.45, 7) is 3.42. The third-order valence-corrected chi connectivity index (χ3v) is 5.79.